The largest absolute Gasteiger partial charge is 0.496 e. The van der Waals surface area contributed by atoms with E-state index < -0.39 is 15.1 Å². The molecule has 1 aromatic heterocycles. The number of rotatable bonds is 8. The van der Waals surface area contributed by atoms with Crippen molar-refractivity contribution in [2.45, 2.75) is 48.6 Å². The number of methoxy groups -OCH3 is 1. The number of ether oxygens (including phenoxy) is 1. The molecule has 0 amide bonds. The number of benzene rings is 1. The third-order valence-corrected chi connectivity index (χ3v) is 9.34. The molecule has 0 spiro atoms. The number of sulfone groups is 1. The van der Waals surface area contributed by atoms with Gasteiger partial charge in [0.25, 0.3) is 0 Å². The molecule has 2 unspecified atom stereocenters. The zero-order valence-electron chi connectivity index (χ0n) is 18.2. The van der Waals surface area contributed by atoms with Crippen molar-refractivity contribution in [1.82, 2.24) is 15.2 Å². The maximum Gasteiger partial charge on any atom is 0.161 e. The first-order chi connectivity index (χ1) is 15.1. The molecule has 2 aromatic rings. The molecule has 1 N–H and O–H groups in total. The van der Waals surface area contributed by atoms with Crippen molar-refractivity contribution in [3.05, 3.63) is 59.9 Å². The third kappa shape index (κ3) is 4.94. The van der Waals surface area contributed by atoms with Crippen LogP contribution in [0, 0.1) is 0 Å². The maximum absolute atomic E-state index is 13.8. The van der Waals surface area contributed by atoms with Gasteiger partial charge >= 0.3 is 0 Å². The average Bonchev–Trinajstić information content (AvgIpc) is 3.37. The molecule has 0 bridgehead atoms. The molecule has 1 saturated carbocycles. The Kier molecular flexibility index (Phi) is 7.25. The Morgan fingerprint density at radius 1 is 1.10 bits per heavy atom. The van der Waals surface area contributed by atoms with Crippen molar-refractivity contribution < 1.29 is 13.2 Å². The molecule has 1 aromatic carbocycles. The number of aromatic nitrogens is 1. The van der Waals surface area contributed by atoms with E-state index in [1.807, 2.05) is 36.4 Å². The van der Waals surface area contributed by atoms with E-state index in [0.29, 0.717) is 12.1 Å². The molecule has 2 heterocycles. The van der Waals surface area contributed by atoms with Gasteiger partial charge in [-0.1, -0.05) is 37.1 Å². The van der Waals surface area contributed by atoms with E-state index in [0.717, 1.165) is 63.2 Å². The molecule has 0 radical (unpaired) electrons. The third-order valence-electron chi connectivity index (χ3n) is 6.71. The van der Waals surface area contributed by atoms with Gasteiger partial charge in [0.1, 0.15) is 11.0 Å². The summed E-state index contributed by atoms with van der Waals surface area (Å²) in [4.78, 5) is 6.91. The second-order valence-corrected chi connectivity index (χ2v) is 10.9. The van der Waals surface area contributed by atoms with Crippen molar-refractivity contribution in [2.75, 3.05) is 33.3 Å². The molecule has 1 saturated heterocycles. The van der Waals surface area contributed by atoms with Crippen LogP contribution in [-0.2, 0) is 9.84 Å². The van der Waals surface area contributed by atoms with Gasteiger partial charge in [-0.3, -0.25) is 9.88 Å². The Hall–Kier alpha value is -1.96. The van der Waals surface area contributed by atoms with Crippen molar-refractivity contribution in [3.63, 3.8) is 0 Å². The fraction of sp³-hybridized carbons (Fsp3) is 0.542. The van der Waals surface area contributed by atoms with Crippen molar-refractivity contribution >= 4 is 9.84 Å². The Bertz CT molecular complexity index is 940. The first-order valence-electron chi connectivity index (χ1n) is 11.3. The van der Waals surface area contributed by atoms with E-state index in [1.165, 1.54) is 0 Å². The monoisotopic (exact) mass is 443 g/mol. The lowest BCUT2D eigenvalue weighted by atomic mass is 9.97. The van der Waals surface area contributed by atoms with Gasteiger partial charge in [-0.25, -0.2) is 8.42 Å². The van der Waals surface area contributed by atoms with E-state index in [1.54, 1.807) is 13.3 Å². The molecule has 2 aliphatic rings. The van der Waals surface area contributed by atoms with Gasteiger partial charge in [0.05, 0.1) is 18.1 Å². The van der Waals surface area contributed by atoms with Crippen LogP contribution in [0.4, 0.5) is 0 Å². The highest BCUT2D eigenvalue weighted by molar-refractivity contribution is 7.92. The Labute approximate surface area is 185 Å². The van der Waals surface area contributed by atoms with Crippen LogP contribution in [0.15, 0.2) is 48.7 Å². The molecule has 2 fully saturated rings. The Morgan fingerprint density at radius 3 is 2.48 bits per heavy atom. The molecule has 31 heavy (non-hydrogen) atoms. The number of nitrogens with zero attached hydrogens (tertiary/aromatic N) is 2. The number of hydrogen-bond donors (Lipinski definition) is 1. The summed E-state index contributed by atoms with van der Waals surface area (Å²) in [6.45, 7) is 3.55. The van der Waals surface area contributed by atoms with Gasteiger partial charge in [0.2, 0.25) is 0 Å². The average molecular weight is 444 g/mol. The highest BCUT2D eigenvalue weighted by atomic mass is 32.2. The van der Waals surface area contributed by atoms with Crippen LogP contribution in [0.5, 0.6) is 5.75 Å². The normalized spacial score (nSPS) is 20.4. The second-order valence-electron chi connectivity index (χ2n) is 8.52. The van der Waals surface area contributed by atoms with Crippen molar-refractivity contribution in [1.29, 1.82) is 0 Å². The van der Waals surface area contributed by atoms with Gasteiger partial charge in [-0.2, -0.15) is 0 Å². The zero-order valence-corrected chi connectivity index (χ0v) is 19.1. The van der Waals surface area contributed by atoms with E-state index in [2.05, 4.69) is 21.3 Å². The molecule has 2 atom stereocenters. The van der Waals surface area contributed by atoms with E-state index in [4.69, 9.17) is 4.74 Å². The van der Waals surface area contributed by atoms with Crippen LogP contribution in [0.2, 0.25) is 0 Å². The van der Waals surface area contributed by atoms with Gasteiger partial charge in [0, 0.05) is 44.0 Å². The first kappa shape index (κ1) is 22.2. The van der Waals surface area contributed by atoms with E-state index in [-0.39, 0.29) is 11.3 Å². The summed E-state index contributed by atoms with van der Waals surface area (Å²) in [6.07, 6.45) is 5.70. The maximum atomic E-state index is 13.8. The highest BCUT2D eigenvalue weighted by Crippen LogP contribution is 2.42. The Balaban J connectivity index is 1.75. The lowest BCUT2D eigenvalue weighted by Crippen LogP contribution is -2.46. The fourth-order valence-electron chi connectivity index (χ4n) is 5.05. The van der Waals surface area contributed by atoms with Crippen LogP contribution in [-0.4, -0.2) is 56.8 Å². The first-order valence-corrected chi connectivity index (χ1v) is 12.9. The lowest BCUT2D eigenvalue weighted by molar-refractivity contribution is 0.161. The summed E-state index contributed by atoms with van der Waals surface area (Å²) in [5.41, 5.74) is 1.71. The van der Waals surface area contributed by atoms with Crippen LogP contribution in [0.25, 0.3) is 0 Å². The number of nitrogens with one attached hydrogen (secondary N) is 1. The van der Waals surface area contributed by atoms with Crippen LogP contribution in [0.1, 0.15) is 54.7 Å². The minimum Gasteiger partial charge on any atom is -0.496 e. The SMILES string of the molecule is COc1ccccc1C(CC(c1ccccn1)S(=O)(=O)C1CCCC1)N1CCNCC1. The summed E-state index contributed by atoms with van der Waals surface area (Å²) >= 11 is 0. The highest BCUT2D eigenvalue weighted by Gasteiger charge is 2.40. The van der Waals surface area contributed by atoms with Crippen LogP contribution >= 0.6 is 0 Å². The van der Waals surface area contributed by atoms with Crippen LogP contribution < -0.4 is 10.1 Å². The van der Waals surface area contributed by atoms with Crippen molar-refractivity contribution in [2.24, 2.45) is 0 Å². The predicted octanol–water partition coefficient (Wildman–Crippen LogP) is 3.53. The van der Waals surface area contributed by atoms with Crippen molar-refractivity contribution in [3.8, 4) is 5.75 Å². The number of hydrogen-bond acceptors (Lipinski definition) is 6. The fourth-order valence-corrected chi connectivity index (χ4v) is 7.43. The summed E-state index contributed by atoms with van der Waals surface area (Å²) in [7, 11) is -1.68. The number of para-hydroxylation sites is 1. The topological polar surface area (TPSA) is 71.5 Å². The second kappa shape index (κ2) is 10.1. The standard InChI is InChI=1S/C24H33N3O3S/c1-30-23-12-5-4-10-20(23)22(27-16-14-25-15-17-27)18-24(21-11-6-7-13-26-21)31(28,29)19-8-2-3-9-19/h4-7,10-13,19,22,24-25H,2-3,8-9,14-18H2,1H3. The Morgan fingerprint density at radius 2 is 1.81 bits per heavy atom. The van der Waals surface area contributed by atoms with Gasteiger partial charge in [-0.15, -0.1) is 0 Å². The van der Waals surface area contributed by atoms with E-state index >= 15 is 0 Å². The number of pyridine rings is 1. The zero-order chi connectivity index (χ0) is 21.7. The minimum absolute atomic E-state index is 0.0542. The number of piperazine rings is 1. The summed E-state index contributed by atoms with van der Waals surface area (Å²) in [6, 6.07) is 13.6. The molecule has 168 valence electrons. The quantitative estimate of drug-likeness (QED) is 0.673. The van der Waals surface area contributed by atoms with Gasteiger partial charge in [0.15, 0.2) is 9.84 Å². The summed E-state index contributed by atoms with van der Waals surface area (Å²) in [5, 5.41) is 2.52. The molecule has 7 heteroatoms. The van der Waals surface area contributed by atoms with E-state index in [9.17, 15) is 8.42 Å². The summed E-state index contributed by atoms with van der Waals surface area (Å²) in [5.74, 6) is 0.809. The molecule has 4 rings (SSSR count). The molecule has 1 aliphatic carbocycles. The van der Waals surface area contributed by atoms with Gasteiger partial charge in [-0.05, 0) is 37.5 Å². The predicted molar refractivity (Wildman–Crippen MR) is 123 cm³/mol. The molecular weight excluding hydrogens is 410 g/mol. The molecule has 6 nitrogen and oxygen atoms in total. The minimum atomic E-state index is -3.36. The molecular formula is C24H33N3O3S. The van der Waals surface area contributed by atoms with Crippen LogP contribution in [0.3, 0.4) is 0 Å². The molecule has 1 aliphatic heterocycles. The smallest absolute Gasteiger partial charge is 0.161 e. The summed E-state index contributed by atoms with van der Waals surface area (Å²) < 4.78 is 33.4. The lowest BCUT2D eigenvalue weighted by Gasteiger charge is -2.37. The van der Waals surface area contributed by atoms with Gasteiger partial charge < -0.3 is 10.1 Å².